The molecule has 2 aromatic carbocycles. The fourth-order valence-electron chi connectivity index (χ4n) is 4.29. The molecule has 0 spiro atoms. The van der Waals surface area contributed by atoms with Crippen molar-refractivity contribution < 1.29 is 9.13 Å². The average molecular weight is 469 g/mol. The van der Waals surface area contributed by atoms with Crippen molar-refractivity contribution in [2.45, 2.75) is 18.6 Å². The molecular formula is C27H25FN6O. The van der Waals surface area contributed by atoms with E-state index in [1.54, 1.807) is 23.0 Å². The van der Waals surface area contributed by atoms with Gasteiger partial charge >= 0.3 is 0 Å². The van der Waals surface area contributed by atoms with Gasteiger partial charge in [0.1, 0.15) is 11.9 Å². The summed E-state index contributed by atoms with van der Waals surface area (Å²) in [5, 5.41) is 20.2. The molecule has 5 rings (SSSR count). The molecule has 0 bridgehead atoms. The number of rotatable bonds is 7. The number of benzene rings is 2. The summed E-state index contributed by atoms with van der Waals surface area (Å²) in [6.45, 7) is 1.13. The van der Waals surface area contributed by atoms with E-state index in [1.165, 1.54) is 6.07 Å². The Labute approximate surface area is 203 Å². The van der Waals surface area contributed by atoms with Crippen molar-refractivity contribution >= 4 is 5.69 Å². The van der Waals surface area contributed by atoms with Gasteiger partial charge in [-0.15, -0.1) is 0 Å². The molecule has 2 atom stereocenters. The SMILES string of the molecule is Cn1cc(-c2cnc3c(c2)NC[C@@H]([C@H](NCCc2ccc(C#N)cc2F)c2ccccc2)O3)cn1. The van der Waals surface area contributed by atoms with Gasteiger partial charge in [0.15, 0.2) is 0 Å². The van der Waals surface area contributed by atoms with Crippen LogP contribution in [0.25, 0.3) is 11.1 Å². The predicted octanol–water partition coefficient (Wildman–Crippen LogP) is 4.24. The number of nitrogens with zero attached hydrogens (tertiary/aromatic N) is 4. The maximum Gasteiger partial charge on any atom is 0.237 e. The summed E-state index contributed by atoms with van der Waals surface area (Å²) in [4.78, 5) is 4.56. The van der Waals surface area contributed by atoms with Gasteiger partial charge in [-0.25, -0.2) is 9.37 Å². The Kier molecular flexibility index (Phi) is 6.42. The molecule has 2 N–H and O–H groups in total. The molecule has 0 saturated carbocycles. The van der Waals surface area contributed by atoms with E-state index in [2.05, 4.69) is 32.8 Å². The number of fused-ring (bicyclic) bond motifs is 1. The van der Waals surface area contributed by atoms with Gasteiger partial charge in [-0.3, -0.25) is 4.68 Å². The van der Waals surface area contributed by atoms with Crippen molar-refractivity contribution in [2.24, 2.45) is 7.05 Å². The van der Waals surface area contributed by atoms with Crippen LogP contribution < -0.4 is 15.4 Å². The Morgan fingerprint density at radius 3 is 2.80 bits per heavy atom. The van der Waals surface area contributed by atoms with E-state index in [9.17, 15) is 4.39 Å². The van der Waals surface area contributed by atoms with Gasteiger partial charge < -0.3 is 15.4 Å². The summed E-state index contributed by atoms with van der Waals surface area (Å²) in [6.07, 6.45) is 5.82. The molecule has 1 aliphatic heterocycles. The fourth-order valence-corrected chi connectivity index (χ4v) is 4.29. The zero-order valence-corrected chi connectivity index (χ0v) is 19.3. The Hall–Kier alpha value is -4.22. The Morgan fingerprint density at radius 1 is 1.20 bits per heavy atom. The van der Waals surface area contributed by atoms with Crippen LogP contribution >= 0.6 is 0 Å². The normalized spacial score (nSPS) is 15.4. The second-order valence-corrected chi connectivity index (χ2v) is 8.53. The number of ether oxygens (including phenoxy) is 1. The van der Waals surface area contributed by atoms with E-state index >= 15 is 0 Å². The van der Waals surface area contributed by atoms with Crippen LogP contribution in [0.5, 0.6) is 5.88 Å². The summed E-state index contributed by atoms with van der Waals surface area (Å²) < 4.78 is 22.4. The van der Waals surface area contributed by atoms with E-state index in [0.717, 1.165) is 22.4 Å². The van der Waals surface area contributed by atoms with Gasteiger partial charge in [-0.2, -0.15) is 10.4 Å². The summed E-state index contributed by atoms with van der Waals surface area (Å²) >= 11 is 0. The lowest BCUT2D eigenvalue weighted by Gasteiger charge is -2.33. The second-order valence-electron chi connectivity index (χ2n) is 8.53. The first-order valence-corrected chi connectivity index (χ1v) is 11.5. The topological polar surface area (TPSA) is 87.8 Å². The molecule has 176 valence electrons. The highest BCUT2D eigenvalue weighted by Gasteiger charge is 2.29. The lowest BCUT2D eigenvalue weighted by Crippen LogP contribution is -2.43. The molecule has 0 fully saturated rings. The number of hydrogen-bond acceptors (Lipinski definition) is 6. The first kappa shape index (κ1) is 22.6. The van der Waals surface area contributed by atoms with Crippen LogP contribution in [-0.4, -0.2) is 34.0 Å². The zero-order valence-electron chi connectivity index (χ0n) is 19.3. The molecule has 0 radical (unpaired) electrons. The van der Waals surface area contributed by atoms with Crippen LogP contribution in [0.4, 0.5) is 10.1 Å². The number of anilines is 1. The minimum atomic E-state index is -0.361. The van der Waals surface area contributed by atoms with E-state index < -0.39 is 0 Å². The van der Waals surface area contributed by atoms with Crippen LogP contribution in [0.2, 0.25) is 0 Å². The van der Waals surface area contributed by atoms with Crippen LogP contribution in [0.15, 0.2) is 73.2 Å². The van der Waals surface area contributed by atoms with Crippen molar-refractivity contribution in [1.82, 2.24) is 20.1 Å². The maximum absolute atomic E-state index is 14.3. The zero-order chi connectivity index (χ0) is 24.2. The first-order valence-electron chi connectivity index (χ1n) is 11.5. The number of aryl methyl sites for hydroxylation is 1. The molecule has 0 aliphatic carbocycles. The quantitative estimate of drug-likeness (QED) is 0.422. The minimum absolute atomic E-state index is 0.127. The molecular weight excluding hydrogens is 443 g/mol. The van der Waals surface area contributed by atoms with Gasteiger partial charge in [-0.1, -0.05) is 36.4 Å². The Balaban J connectivity index is 1.31. The van der Waals surface area contributed by atoms with Gasteiger partial charge in [-0.05, 0) is 42.3 Å². The van der Waals surface area contributed by atoms with Crippen molar-refractivity contribution in [3.8, 4) is 23.1 Å². The molecule has 7 nitrogen and oxygen atoms in total. The molecule has 0 unspecified atom stereocenters. The monoisotopic (exact) mass is 468 g/mol. The van der Waals surface area contributed by atoms with Crippen LogP contribution in [0, 0.1) is 17.1 Å². The maximum atomic E-state index is 14.3. The fraction of sp³-hybridized carbons (Fsp3) is 0.222. The summed E-state index contributed by atoms with van der Waals surface area (Å²) in [6, 6.07) is 18.5. The third-order valence-corrected chi connectivity index (χ3v) is 6.12. The number of nitriles is 1. The summed E-state index contributed by atoms with van der Waals surface area (Å²) in [7, 11) is 1.88. The number of aromatic nitrogens is 3. The molecule has 1 aliphatic rings. The molecule has 35 heavy (non-hydrogen) atoms. The van der Waals surface area contributed by atoms with Crippen molar-refractivity contribution in [1.29, 1.82) is 5.26 Å². The largest absolute Gasteiger partial charge is 0.469 e. The molecule has 0 amide bonds. The minimum Gasteiger partial charge on any atom is -0.469 e. The molecule has 4 aromatic rings. The van der Waals surface area contributed by atoms with Crippen molar-refractivity contribution in [3.05, 3.63) is 95.7 Å². The van der Waals surface area contributed by atoms with E-state index in [1.807, 2.05) is 49.8 Å². The summed E-state index contributed by atoms with van der Waals surface area (Å²) in [5.41, 5.74) is 4.77. The van der Waals surface area contributed by atoms with Crippen molar-refractivity contribution in [2.75, 3.05) is 18.4 Å². The standard InChI is InChI=1S/C27H25FN6O/c1-34-17-22(15-33-34)21-12-24-27(32-14-21)35-25(16-31-24)26(20-5-3-2-4-6-20)30-10-9-19-8-7-18(13-29)11-23(19)28/h2-8,11-12,14-15,17,25-26,30-31H,9-10,16H2,1H3/t25-,26+/m0/s1. The van der Waals surface area contributed by atoms with Gasteiger partial charge in [0.2, 0.25) is 5.88 Å². The number of nitrogens with one attached hydrogen (secondary N) is 2. The molecule has 0 saturated heterocycles. The average Bonchev–Trinajstić information content (AvgIpc) is 3.33. The highest BCUT2D eigenvalue weighted by molar-refractivity contribution is 5.69. The van der Waals surface area contributed by atoms with Crippen LogP contribution in [-0.2, 0) is 13.5 Å². The van der Waals surface area contributed by atoms with Crippen LogP contribution in [0.3, 0.4) is 0 Å². The second kappa shape index (κ2) is 9.95. The Morgan fingerprint density at radius 2 is 2.06 bits per heavy atom. The van der Waals surface area contributed by atoms with E-state index in [0.29, 0.717) is 36.5 Å². The van der Waals surface area contributed by atoms with Crippen molar-refractivity contribution in [3.63, 3.8) is 0 Å². The molecule has 2 aromatic heterocycles. The molecule has 8 heteroatoms. The lowest BCUT2D eigenvalue weighted by molar-refractivity contribution is 0.150. The van der Waals surface area contributed by atoms with E-state index in [-0.39, 0.29) is 18.0 Å². The molecule has 3 heterocycles. The Bertz CT molecular complexity index is 1360. The predicted molar refractivity (Wildman–Crippen MR) is 131 cm³/mol. The first-order chi connectivity index (χ1) is 17.1. The third kappa shape index (κ3) is 5.00. The third-order valence-electron chi connectivity index (χ3n) is 6.12. The summed E-state index contributed by atoms with van der Waals surface area (Å²) in [5.74, 6) is 0.190. The van der Waals surface area contributed by atoms with Crippen LogP contribution in [0.1, 0.15) is 22.7 Å². The lowest BCUT2D eigenvalue weighted by atomic mass is 9.99. The highest BCUT2D eigenvalue weighted by atomic mass is 19.1. The number of hydrogen-bond donors (Lipinski definition) is 2. The highest BCUT2D eigenvalue weighted by Crippen LogP contribution is 2.34. The number of halogens is 1. The smallest absolute Gasteiger partial charge is 0.237 e. The van der Waals surface area contributed by atoms with Gasteiger partial charge in [0.25, 0.3) is 0 Å². The number of pyridine rings is 1. The van der Waals surface area contributed by atoms with Gasteiger partial charge in [0, 0.05) is 30.6 Å². The van der Waals surface area contributed by atoms with E-state index in [4.69, 9.17) is 10.00 Å². The van der Waals surface area contributed by atoms with Gasteiger partial charge in [0.05, 0.1) is 36.1 Å².